The highest BCUT2D eigenvalue weighted by atomic mass is 35.5. The van der Waals surface area contributed by atoms with Gasteiger partial charge >= 0.3 is 0 Å². The van der Waals surface area contributed by atoms with Gasteiger partial charge in [0.05, 0.1) is 17.7 Å². The Balaban J connectivity index is 2.27. The molecule has 0 amide bonds. The zero-order chi connectivity index (χ0) is 11.1. The first-order valence-corrected chi connectivity index (χ1v) is 5.21. The van der Waals surface area contributed by atoms with Crippen LogP contribution in [0.15, 0.2) is 18.3 Å². The SMILES string of the molecule is CCOC[C@@H](O)CNc1ccc(Cl)cn1. The maximum atomic E-state index is 9.45. The van der Waals surface area contributed by atoms with Crippen LogP contribution in [0.1, 0.15) is 6.92 Å². The van der Waals surface area contributed by atoms with Gasteiger partial charge in [-0.25, -0.2) is 4.98 Å². The van der Waals surface area contributed by atoms with E-state index in [1.54, 1.807) is 18.3 Å². The number of nitrogens with one attached hydrogen (secondary N) is 1. The minimum absolute atomic E-state index is 0.330. The van der Waals surface area contributed by atoms with Gasteiger partial charge in [0, 0.05) is 19.3 Å². The van der Waals surface area contributed by atoms with Crippen molar-refractivity contribution in [1.29, 1.82) is 0 Å². The molecule has 0 bridgehead atoms. The van der Waals surface area contributed by atoms with Crippen LogP contribution in [0.25, 0.3) is 0 Å². The summed E-state index contributed by atoms with van der Waals surface area (Å²) < 4.78 is 5.07. The van der Waals surface area contributed by atoms with Crippen molar-refractivity contribution in [3.63, 3.8) is 0 Å². The summed E-state index contributed by atoms with van der Waals surface area (Å²) in [5, 5.41) is 13.0. The first-order valence-electron chi connectivity index (χ1n) is 4.83. The molecule has 84 valence electrons. The highest BCUT2D eigenvalue weighted by Gasteiger charge is 2.03. The Hall–Kier alpha value is -0.840. The molecular weight excluding hydrogens is 216 g/mol. The number of ether oxygens (including phenoxy) is 1. The van der Waals surface area contributed by atoms with Crippen LogP contribution >= 0.6 is 11.6 Å². The second-order valence-corrected chi connectivity index (χ2v) is 3.49. The molecule has 0 unspecified atom stereocenters. The summed E-state index contributed by atoms with van der Waals surface area (Å²) in [6.45, 7) is 3.24. The molecule has 0 aliphatic carbocycles. The number of aliphatic hydroxyl groups is 1. The van der Waals surface area contributed by atoms with Crippen molar-refractivity contribution in [3.05, 3.63) is 23.4 Å². The third-order valence-electron chi connectivity index (χ3n) is 1.76. The standard InChI is InChI=1S/C10H15ClN2O2/c1-2-15-7-9(14)6-13-10-4-3-8(11)5-12-10/h3-5,9,14H,2,6-7H2,1H3,(H,12,13)/t9-/m0/s1. The average Bonchev–Trinajstić information content (AvgIpc) is 2.25. The Morgan fingerprint density at radius 2 is 2.40 bits per heavy atom. The lowest BCUT2D eigenvalue weighted by Crippen LogP contribution is -2.25. The molecule has 1 atom stereocenters. The van der Waals surface area contributed by atoms with Gasteiger partial charge in [-0.1, -0.05) is 11.6 Å². The maximum absolute atomic E-state index is 9.45. The molecule has 0 saturated carbocycles. The summed E-state index contributed by atoms with van der Waals surface area (Å²) in [6.07, 6.45) is 1.03. The first-order chi connectivity index (χ1) is 7.22. The van der Waals surface area contributed by atoms with Crippen LogP contribution < -0.4 is 5.32 Å². The van der Waals surface area contributed by atoms with E-state index in [0.29, 0.717) is 30.6 Å². The van der Waals surface area contributed by atoms with Gasteiger partial charge in [0.1, 0.15) is 5.82 Å². The molecule has 0 spiro atoms. The number of rotatable bonds is 6. The molecule has 0 aromatic carbocycles. The van der Waals surface area contributed by atoms with Crippen molar-refractivity contribution in [2.45, 2.75) is 13.0 Å². The normalized spacial score (nSPS) is 12.5. The second kappa shape index (κ2) is 6.61. The number of pyridine rings is 1. The van der Waals surface area contributed by atoms with Gasteiger partial charge in [-0.3, -0.25) is 0 Å². The lowest BCUT2D eigenvalue weighted by molar-refractivity contribution is 0.0495. The third kappa shape index (κ3) is 4.97. The molecule has 1 heterocycles. The third-order valence-corrected chi connectivity index (χ3v) is 1.98. The molecule has 0 fully saturated rings. The first kappa shape index (κ1) is 12.2. The van der Waals surface area contributed by atoms with Crippen LogP contribution in [0.3, 0.4) is 0 Å². The van der Waals surface area contributed by atoms with Crippen LogP contribution in [0.2, 0.25) is 5.02 Å². The number of anilines is 1. The second-order valence-electron chi connectivity index (χ2n) is 3.06. The van der Waals surface area contributed by atoms with E-state index in [1.807, 2.05) is 6.92 Å². The van der Waals surface area contributed by atoms with Crippen molar-refractivity contribution in [2.24, 2.45) is 0 Å². The molecule has 0 aliphatic heterocycles. The average molecular weight is 231 g/mol. The van der Waals surface area contributed by atoms with Crippen molar-refractivity contribution >= 4 is 17.4 Å². The largest absolute Gasteiger partial charge is 0.389 e. The number of nitrogens with zero attached hydrogens (tertiary/aromatic N) is 1. The Bertz CT molecular complexity index is 279. The molecule has 1 rings (SSSR count). The smallest absolute Gasteiger partial charge is 0.126 e. The van der Waals surface area contributed by atoms with Gasteiger partial charge in [0.25, 0.3) is 0 Å². The lowest BCUT2D eigenvalue weighted by Gasteiger charge is -2.11. The molecular formula is C10H15ClN2O2. The molecule has 2 N–H and O–H groups in total. The fourth-order valence-electron chi connectivity index (χ4n) is 1.02. The van der Waals surface area contributed by atoms with Crippen molar-refractivity contribution in [2.75, 3.05) is 25.1 Å². The predicted molar refractivity (Wildman–Crippen MR) is 60.2 cm³/mol. The van der Waals surface area contributed by atoms with Gasteiger partial charge in [-0.2, -0.15) is 0 Å². The fraction of sp³-hybridized carbons (Fsp3) is 0.500. The summed E-state index contributed by atoms with van der Waals surface area (Å²) in [5.74, 6) is 0.690. The van der Waals surface area contributed by atoms with Crippen LogP contribution in [0.5, 0.6) is 0 Å². The molecule has 0 radical (unpaired) electrons. The summed E-state index contributed by atoms with van der Waals surface area (Å²) >= 11 is 5.68. The Labute approximate surface area is 94.2 Å². The number of halogens is 1. The summed E-state index contributed by atoms with van der Waals surface area (Å²) in [4.78, 5) is 4.04. The van der Waals surface area contributed by atoms with Crippen LogP contribution in [0.4, 0.5) is 5.82 Å². The van der Waals surface area contributed by atoms with E-state index in [0.717, 1.165) is 0 Å². The molecule has 5 heteroatoms. The molecule has 4 nitrogen and oxygen atoms in total. The monoisotopic (exact) mass is 230 g/mol. The minimum Gasteiger partial charge on any atom is -0.389 e. The maximum Gasteiger partial charge on any atom is 0.126 e. The topological polar surface area (TPSA) is 54.4 Å². The Morgan fingerprint density at radius 1 is 1.60 bits per heavy atom. The van der Waals surface area contributed by atoms with E-state index in [9.17, 15) is 5.11 Å². The quantitative estimate of drug-likeness (QED) is 0.779. The van der Waals surface area contributed by atoms with Crippen molar-refractivity contribution in [3.8, 4) is 0 Å². The zero-order valence-corrected chi connectivity index (χ0v) is 9.37. The number of aliphatic hydroxyl groups excluding tert-OH is 1. The number of hydrogen-bond donors (Lipinski definition) is 2. The Morgan fingerprint density at radius 3 is 3.00 bits per heavy atom. The highest BCUT2D eigenvalue weighted by molar-refractivity contribution is 6.30. The van der Waals surface area contributed by atoms with E-state index in [-0.39, 0.29) is 0 Å². The molecule has 1 aromatic heterocycles. The summed E-state index contributed by atoms with van der Waals surface area (Å²) in [6, 6.07) is 3.50. The molecule has 15 heavy (non-hydrogen) atoms. The Kier molecular flexibility index (Phi) is 5.39. The van der Waals surface area contributed by atoms with Crippen molar-refractivity contribution < 1.29 is 9.84 Å². The van der Waals surface area contributed by atoms with Crippen LogP contribution in [-0.2, 0) is 4.74 Å². The van der Waals surface area contributed by atoms with Crippen LogP contribution in [-0.4, -0.2) is 36.0 Å². The van der Waals surface area contributed by atoms with Gasteiger partial charge in [-0.05, 0) is 19.1 Å². The summed E-state index contributed by atoms with van der Waals surface area (Å²) in [7, 11) is 0. The van der Waals surface area contributed by atoms with Crippen molar-refractivity contribution in [1.82, 2.24) is 4.98 Å². The summed E-state index contributed by atoms with van der Waals surface area (Å²) in [5.41, 5.74) is 0. The van der Waals surface area contributed by atoms with E-state index in [4.69, 9.17) is 16.3 Å². The van der Waals surface area contributed by atoms with Gasteiger partial charge in [-0.15, -0.1) is 0 Å². The number of aromatic nitrogens is 1. The minimum atomic E-state index is -0.526. The van der Waals surface area contributed by atoms with E-state index in [2.05, 4.69) is 10.3 Å². The molecule has 0 aliphatic rings. The lowest BCUT2D eigenvalue weighted by atomic mass is 10.3. The zero-order valence-electron chi connectivity index (χ0n) is 8.61. The van der Waals surface area contributed by atoms with E-state index in [1.165, 1.54) is 0 Å². The molecule has 1 aromatic rings. The fourth-order valence-corrected chi connectivity index (χ4v) is 1.13. The van der Waals surface area contributed by atoms with Gasteiger partial charge in [0.2, 0.25) is 0 Å². The van der Waals surface area contributed by atoms with Gasteiger partial charge in [0.15, 0.2) is 0 Å². The van der Waals surface area contributed by atoms with Gasteiger partial charge < -0.3 is 15.2 Å². The predicted octanol–water partition coefficient (Wildman–Crippen LogP) is 1.54. The van der Waals surface area contributed by atoms with E-state index < -0.39 is 6.10 Å². The number of hydrogen-bond acceptors (Lipinski definition) is 4. The van der Waals surface area contributed by atoms with E-state index >= 15 is 0 Å². The molecule has 0 saturated heterocycles. The highest BCUT2D eigenvalue weighted by Crippen LogP contribution is 2.09. The van der Waals surface area contributed by atoms with Crippen LogP contribution in [0, 0.1) is 0 Å².